The van der Waals surface area contributed by atoms with Crippen molar-refractivity contribution >= 4 is 11.4 Å². The van der Waals surface area contributed by atoms with Gasteiger partial charge in [0.25, 0.3) is 0 Å². The maximum Gasteiger partial charge on any atom is 0.155 e. The van der Waals surface area contributed by atoms with E-state index in [2.05, 4.69) is 37.8 Å². The SMILES string of the molecule is C=C(C)c1ccc([C@H]2C[C@@]3(C)[C@@H](CC[C@@]3(O)CCCO)C3=C2[C@H]2CCC(=O)C=C2CC3)cc1. The molecule has 2 N–H and O–H groups in total. The van der Waals surface area contributed by atoms with Crippen molar-refractivity contribution in [2.75, 3.05) is 6.61 Å². The highest BCUT2D eigenvalue weighted by Gasteiger charge is 2.60. The number of ketones is 1. The van der Waals surface area contributed by atoms with Gasteiger partial charge in [-0.15, -0.1) is 0 Å². The molecule has 1 saturated carbocycles. The van der Waals surface area contributed by atoms with E-state index in [-0.39, 0.29) is 23.7 Å². The van der Waals surface area contributed by atoms with Crippen LogP contribution in [0.5, 0.6) is 0 Å². The molecule has 3 nitrogen and oxygen atoms in total. The molecule has 3 heteroatoms. The van der Waals surface area contributed by atoms with E-state index >= 15 is 0 Å². The van der Waals surface area contributed by atoms with Crippen molar-refractivity contribution in [2.45, 2.75) is 83.2 Å². The molecule has 1 aromatic rings. The van der Waals surface area contributed by atoms with Gasteiger partial charge in [-0.05, 0) is 81.4 Å². The van der Waals surface area contributed by atoms with Crippen molar-refractivity contribution in [1.29, 1.82) is 0 Å². The molecule has 4 aliphatic carbocycles. The summed E-state index contributed by atoms with van der Waals surface area (Å²) < 4.78 is 0. The van der Waals surface area contributed by atoms with Crippen LogP contribution in [0, 0.1) is 17.3 Å². The Morgan fingerprint density at radius 1 is 1.12 bits per heavy atom. The van der Waals surface area contributed by atoms with Crippen LogP contribution in [0.3, 0.4) is 0 Å². The van der Waals surface area contributed by atoms with Crippen molar-refractivity contribution in [2.24, 2.45) is 17.3 Å². The van der Waals surface area contributed by atoms with Crippen LogP contribution in [0.1, 0.15) is 88.7 Å². The van der Waals surface area contributed by atoms with Gasteiger partial charge >= 0.3 is 0 Å². The molecular weight excluding hydrogens is 408 g/mol. The van der Waals surface area contributed by atoms with E-state index in [1.54, 1.807) is 11.1 Å². The van der Waals surface area contributed by atoms with Crippen molar-refractivity contribution in [3.63, 3.8) is 0 Å². The van der Waals surface area contributed by atoms with Crippen LogP contribution in [-0.2, 0) is 4.79 Å². The van der Waals surface area contributed by atoms with Crippen LogP contribution >= 0.6 is 0 Å². The van der Waals surface area contributed by atoms with E-state index in [9.17, 15) is 15.0 Å². The molecule has 176 valence electrons. The summed E-state index contributed by atoms with van der Waals surface area (Å²) >= 11 is 0. The Bertz CT molecular complexity index is 1030. The fourth-order valence-electron chi connectivity index (χ4n) is 7.76. The van der Waals surface area contributed by atoms with Gasteiger partial charge in [-0.25, -0.2) is 0 Å². The van der Waals surface area contributed by atoms with Crippen molar-refractivity contribution in [1.82, 2.24) is 0 Å². The quantitative estimate of drug-likeness (QED) is 0.536. The van der Waals surface area contributed by atoms with Crippen LogP contribution in [0.25, 0.3) is 5.57 Å². The molecule has 0 aromatic heterocycles. The van der Waals surface area contributed by atoms with Gasteiger partial charge in [-0.3, -0.25) is 4.79 Å². The van der Waals surface area contributed by atoms with Gasteiger partial charge in [-0.2, -0.15) is 0 Å². The zero-order valence-corrected chi connectivity index (χ0v) is 20.2. The molecular formula is C30H38O3. The number of carbonyl (C=O) groups is 1. The molecule has 5 atom stereocenters. The Balaban J connectivity index is 1.63. The van der Waals surface area contributed by atoms with E-state index < -0.39 is 5.60 Å². The van der Waals surface area contributed by atoms with Crippen LogP contribution in [-0.4, -0.2) is 28.2 Å². The minimum atomic E-state index is -0.729. The lowest BCUT2D eigenvalue weighted by Gasteiger charge is -2.53. The van der Waals surface area contributed by atoms with E-state index in [4.69, 9.17) is 0 Å². The maximum atomic E-state index is 12.2. The smallest absolute Gasteiger partial charge is 0.155 e. The molecule has 0 unspecified atom stereocenters. The summed E-state index contributed by atoms with van der Waals surface area (Å²) in [5, 5.41) is 21.4. The Labute approximate surface area is 198 Å². The highest BCUT2D eigenvalue weighted by molar-refractivity contribution is 5.91. The molecule has 0 amide bonds. The molecule has 1 fully saturated rings. The summed E-state index contributed by atoms with van der Waals surface area (Å²) in [6, 6.07) is 8.89. The van der Waals surface area contributed by atoms with E-state index in [0.29, 0.717) is 31.1 Å². The largest absolute Gasteiger partial charge is 0.396 e. The van der Waals surface area contributed by atoms with Gasteiger partial charge in [0.05, 0.1) is 5.60 Å². The van der Waals surface area contributed by atoms with Crippen LogP contribution in [0.2, 0.25) is 0 Å². The average molecular weight is 447 g/mol. The second-order valence-corrected chi connectivity index (χ2v) is 11.3. The number of hydrogen-bond acceptors (Lipinski definition) is 3. The molecule has 0 radical (unpaired) electrons. The normalized spacial score (nSPS) is 35.6. The summed E-state index contributed by atoms with van der Waals surface area (Å²) in [5.41, 5.74) is 7.12. The third-order valence-corrected chi connectivity index (χ3v) is 9.56. The number of aliphatic hydroxyl groups is 2. The van der Waals surface area contributed by atoms with Gasteiger partial charge in [0.15, 0.2) is 5.78 Å². The van der Waals surface area contributed by atoms with Gasteiger partial charge in [0.2, 0.25) is 0 Å². The van der Waals surface area contributed by atoms with Gasteiger partial charge in [0, 0.05) is 30.3 Å². The summed E-state index contributed by atoms with van der Waals surface area (Å²) in [7, 11) is 0. The topological polar surface area (TPSA) is 57.5 Å². The first-order chi connectivity index (χ1) is 15.8. The lowest BCUT2D eigenvalue weighted by molar-refractivity contribution is -0.115. The van der Waals surface area contributed by atoms with Crippen LogP contribution in [0.15, 0.2) is 53.6 Å². The number of benzene rings is 1. The zero-order chi connectivity index (χ0) is 23.4. The molecule has 33 heavy (non-hydrogen) atoms. The summed E-state index contributed by atoms with van der Waals surface area (Å²) in [4.78, 5) is 12.2. The van der Waals surface area contributed by atoms with E-state index in [1.807, 2.05) is 13.0 Å². The predicted molar refractivity (Wildman–Crippen MR) is 133 cm³/mol. The molecule has 0 aliphatic heterocycles. The Hall–Kier alpha value is -1.97. The Morgan fingerprint density at radius 3 is 2.58 bits per heavy atom. The van der Waals surface area contributed by atoms with E-state index in [0.717, 1.165) is 44.1 Å². The summed E-state index contributed by atoms with van der Waals surface area (Å²) in [5.74, 6) is 1.34. The number of allylic oxidation sites excluding steroid dienone is 5. The second-order valence-electron chi connectivity index (χ2n) is 11.3. The van der Waals surface area contributed by atoms with Crippen LogP contribution in [0.4, 0.5) is 0 Å². The van der Waals surface area contributed by atoms with Crippen molar-refractivity contribution in [3.8, 4) is 0 Å². The minimum Gasteiger partial charge on any atom is -0.396 e. The first-order valence-corrected chi connectivity index (χ1v) is 12.8. The van der Waals surface area contributed by atoms with Crippen molar-refractivity contribution < 1.29 is 15.0 Å². The lowest BCUT2D eigenvalue weighted by Crippen LogP contribution is -2.49. The molecule has 0 bridgehead atoms. The Morgan fingerprint density at radius 2 is 1.88 bits per heavy atom. The second kappa shape index (κ2) is 8.36. The van der Waals surface area contributed by atoms with E-state index in [1.165, 1.54) is 16.7 Å². The fourth-order valence-corrected chi connectivity index (χ4v) is 7.76. The number of rotatable bonds is 5. The number of hydrogen-bond donors (Lipinski definition) is 2. The molecule has 0 saturated heterocycles. The minimum absolute atomic E-state index is 0.132. The standard InChI is InChI=1S/C30H38O3/c1-19(2)20-5-7-21(8-6-20)26-18-29(3)27(13-15-30(29,33)14-4-16-31)25-11-9-22-17-23(32)10-12-24(22)28(25)26/h5-8,17,24,26-27,31,33H,1,4,9-16,18H2,2-3H3/t24-,26+,27-,29-,30-/m0/s1. The molecule has 4 aliphatic rings. The molecule has 5 rings (SSSR count). The summed E-state index contributed by atoms with van der Waals surface area (Å²) in [6.07, 6.45) is 9.63. The highest BCUT2D eigenvalue weighted by Crippen LogP contribution is 2.66. The summed E-state index contributed by atoms with van der Waals surface area (Å²) in [6.45, 7) is 8.58. The van der Waals surface area contributed by atoms with Crippen molar-refractivity contribution in [3.05, 3.63) is 64.8 Å². The Kier molecular flexibility index (Phi) is 5.77. The number of carbonyl (C=O) groups excluding carboxylic acids is 1. The van der Waals surface area contributed by atoms with Gasteiger partial charge < -0.3 is 10.2 Å². The average Bonchev–Trinajstić information content (AvgIpc) is 3.07. The molecule has 1 aromatic carbocycles. The highest BCUT2D eigenvalue weighted by atomic mass is 16.3. The van der Waals surface area contributed by atoms with Gasteiger partial charge in [0.1, 0.15) is 0 Å². The lowest BCUT2D eigenvalue weighted by atomic mass is 9.52. The monoisotopic (exact) mass is 446 g/mol. The molecule has 0 spiro atoms. The fraction of sp³-hybridized carbons (Fsp3) is 0.567. The first kappa shape index (κ1) is 22.8. The third-order valence-electron chi connectivity index (χ3n) is 9.56. The number of fused-ring (bicyclic) bond motifs is 4. The first-order valence-electron chi connectivity index (χ1n) is 12.8. The van der Waals surface area contributed by atoms with Crippen LogP contribution < -0.4 is 0 Å². The van der Waals surface area contributed by atoms with Gasteiger partial charge in [-0.1, -0.05) is 60.1 Å². The maximum absolute atomic E-state index is 12.2. The zero-order valence-electron chi connectivity index (χ0n) is 20.2. The molecule has 0 heterocycles. The third kappa shape index (κ3) is 3.59. The predicted octanol–water partition coefficient (Wildman–Crippen LogP) is 6.12. The number of aliphatic hydroxyl groups excluding tert-OH is 1.